The molecule has 1 aromatic carbocycles. The van der Waals surface area contributed by atoms with Gasteiger partial charge in [0.25, 0.3) is 0 Å². The summed E-state index contributed by atoms with van der Waals surface area (Å²) in [6, 6.07) is 5.41. The molecule has 0 aliphatic carbocycles. The highest BCUT2D eigenvalue weighted by molar-refractivity contribution is 5.83. The van der Waals surface area contributed by atoms with Crippen molar-refractivity contribution >= 4 is 17.8 Å². The van der Waals surface area contributed by atoms with Gasteiger partial charge in [-0.25, -0.2) is 9.18 Å². The highest BCUT2D eigenvalue weighted by Gasteiger charge is 2.55. The van der Waals surface area contributed by atoms with Gasteiger partial charge < -0.3 is 63.1 Å². The van der Waals surface area contributed by atoms with Gasteiger partial charge in [0.1, 0.15) is 35.0 Å². The van der Waals surface area contributed by atoms with Crippen LogP contribution in [0.4, 0.5) is 9.18 Å². The minimum absolute atomic E-state index is 0.0412. The van der Waals surface area contributed by atoms with Gasteiger partial charge in [-0.15, -0.1) is 0 Å². The summed E-state index contributed by atoms with van der Waals surface area (Å²) in [6.45, 7) is 17.6. The summed E-state index contributed by atoms with van der Waals surface area (Å²) in [4.78, 5) is 44.0. The molecule has 0 bridgehead atoms. The second-order valence-electron chi connectivity index (χ2n) is 19.2. The van der Waals surface area contributed by atoms with Crippen molar-refractivity contribution in [2.45, 2.75) is 186 Å². The number of hydrogen-bond acceptors (Lipinski definition) is 15. The first kappa shape index (κ1) is 53.8. The third-order valence-corrected chi connectivity index (χ3v) is 14.0. The standard InChI is InChI=1S/C47H77FN2O14/c1-16-34-47(10,55)40(56-13)27(4)36(51)25(2)22-45(8,57-14)39(63-43-37(52)33(50(11)12)21-26(3)59-43)28(5)38(29(6)42(53)61-34)62-35-23-46(9,58-15)41(30(7)60-35)64-44(54)49-24-31-17-19-32(48)20-18-31/h17-20,25-30,33-35,37-41,43,52,55H,16,21-24H2,1-15H3,(H,49,54)/t25-,26-,27+,28+,29-,30+,33+,34-,35+,37-,38+,39-,40-,41+,43+,45-,46-,47-/m1/s1. The third-order valence-electron chi connectivity index (χ3n) is 14.0. The summed E-state index contributed by atoms with van der Waals surface area (Å²) in [7, 11) is 8.17. The number of benzene rings is 1. The van der Waals surface area contributed by atoms with Gasteiger partial charge in [0, 0.05) is 58.1 Å². The second-order valence-corrected chi connectivity index (χ2v) is 19.2. The van der Waals surface area contributed by atoms with Crippen LogP contribution in [0.2, 0.25) is 0 Å². The van der Waals surface area contributed by atoms with E-state index in [0.717, 1.165) is 0 Å². The van der Waals surface area contributed by atoms with Gasteiger partial charge in [-0.1, -0.05) is 39.8 Å². The maximum Gasteiger partial charge on any atom is 0.407 e. The van der Waals surface area contributed by atoms with E-state index in [4.69, 9.17) is 42.6 Å². The number of cyclic esters (lactones) is 1. The summed E-state index contributed by atoms with van der Waals surface area (Å²) in [5.74, 6) is -4.60. The van der Waals surface area contributed by atoms with Crippen molar-refractivity contribution in [1.82, 2.24) is 10.2 Å². The number of aliphatic hydroxyl groups is 2. The Morgan fingerprint density at radius 3 is 2.06 bits per heavy atom. The van der Waals surface area contributed by atoms with Gasteiger partial charge >= 0.3 is 12.1 Å². The predicted molar refractivity (Wildman–Crippen MR) is 233 cm³/mol. The molecule has 3 aliphatic heterocycles. The zero-order valence-electron chi connectivity index (χ0n) is 40.6. The average Bonchev–Trinajstić information content (AvgIpc) is 3.24. The molecule has 3 saturated heterocycles. The van der Waals surface area contributed by atoms with Gasteiger partial charge in [-0.05, 0) is 92.6 Å². The number of ketones is 1. The van der Waals surface area contributed by atoms with Gasteiger partial charge in [-0.2, -0.15) is 0 Å². The lowest BCUT2D eigenvalue weighted by atomic mass is 9.73. The Morgan fingerprint density at radius 2 is 1.50 bits per heavy atom. The number of nitrogens with one attached hydrogen (secondary N) is 1. The average molecular weight is 913 g/mol. The van der Waals surface area contributed by atoms with Gasteiger partial charge in [0.05, 0.1) is 42.0 Å². The van der Waals surface area contributed by atoms with E-state index in [1.165, 1.54) is 40.4 Å². The van der Waals surface area contributed by atoms with Crippen LogP contribution < -0.4 is 5.32 Å². The molecule has 3 heterocycles. The first-order chi connectivity index (χ1) is 29.9. The number of aliphatic hydroxyl groups excluding tert-OH is 1. The molecule has 0 aromatic heterocycles. The van der Waals surface area contributed by atoms with Crippen LogP contribution in [0.15, 0.2) is 24.3 Å². The Labute approximate surface area is 379 Å². The lowest BCUT2D eigenvalue weighted by Crippen LogP contribution is -2.62. The molecule has 0 radical (unpaired) electrons. The molecule has 18 atom stereocenters. The van der Waals surface area contributed by atoms with E-state index in [-0.39, 0.29) is 43.7 Å². The molecule has 3 fully saturated rings. The number of ether oxygens (including phenoxy) is 9. The zero-order valence-corrected chi connectivity index (χ0v) is 40.6. The number of alkyl carbamates (subject to hydrolysis) is 1. The fourth-order valence-corrected chi connectivity index (χ4v) is 10.2. The summed E-state index contributed by atoms with van der Waals surface area (Å²) in [5, 5.41) is 26.5. The monoisotopic (exact) mass is 913 g/mol. The Hall–Kier alpha value is -2.84. The Balaban J connectivity index is 1.78. The van der Waals surface area contributed by atoms with Crippen molar-refractivity contribution in [1.29, 1.82) is 0 Å². The minimum Gasteiger partial charge on any atom is -0.459 e. The molecule has 0 saturated carbocycles. The Kier molecular flexibility index (Phi) is 18.7. The molecule has 64 heavy (non-hydrogen) atoms. The van der Waals surface area contributed by atoms with E-state index < -0.39 is 114 Å². The molecule has 0 spiro atoms. The van der Waals surface area contributed by atoms with Crippen LogP contribution in [0, 0.1) is 29.5 Å². The highest BCUT2D eigenvalue weighted by Crippen LogP contribution is 2.42. The Bertz CT molecular complexity index is 1690. The summed E-state index contributed by atoms with van der Waals surface area (Å²) < 4.78 is 70.4. The van der Waals surface area contributed by atoms with Crippen molar-refractivity contribution in [3.05, 3.63) is 35.6 Å². The first-order valence-electron chi connectivity index (χ1n) is 22.6. The molecule has 0 unspecified atom stereocenters. The number of halogens is 1. The lowest BCUT2D eigenvalue weighted by molar-refractivity contribution is -0.319. The van der Waals surface area contributed by atoms with Crippen molar-refractivity contribution in [3.8, 4) is 0 Å². The van der Waals surface area contributed by atoms with Crippen LogP contribution >= 0.6 is 0 Å². The Morgan fingerprint density at radius 1 is 0.891 bits per heavy atom. The van der Waals surface area contributed by atoms with Crippen molar-refractivity contribution in [3.63, 3.8) is 0 Å². The summed E-state index contributed by atoms with van der Waals surface area (Å²) >= 11 is 0. The topological polar surface area (TPSA) is 190 Å². The van der Waals surface area contributed by atoms with Crippen LogP contribution in [0.25, 0.3) is 0 Å². The van der Waals surface area contributed by atoms with E-state index in [0.29, 0.717) is 12.0 Å². The van der Waals surface area contributed by atoms with Gasteiger partial charge in [0.2, 0.25) is 0 Å². The van der Waals surface area contributed by atoms with Gasteiger partial charge in [0.15, 0.2) is 18.7 Å². The van der Waals surface area contributed by atoms with Crippen molar-refractivity contribution in [2.75, 3.05) is 35.4 Å². The maximum absolute atomic E-state index is 14.6. The van der Waals surface area contributed by atoms with Crippen LogP contribution in [0.3, 0.4) is 0 Å². The third kappa shape index (κ3) is 12.2. The SMILES string of the molecule is CC[C@H]1OC(=O)[C@H](C)[C@@H](O[C@H]2C[C@@](C)(OC)[C@@H](OC(=O)NCc3ccc(F)cc3)[C@H](C)O2)[C@H](C)[C@@H](O[C@@H]2O[C@H](C)C[C@H](N(C)C)[C@H]2O)[C@](C)(OC)C[C@@H](C)C(=O)[C@H](C)[C@@H](OC)[C@]1(C)O. The number of hydrogen-bond donors (Lipinski definition) is 3. The van der Waals surface area contributed by atoms with E-state index >= 15 is 0 Å². The number of likely N-dealkylation sites (N-methyl/N-ethyl adjacent to an activating group) is 1. The smallest absolute Gasteiger partial charge is 0.407 e. The van der Waals surface area contributed by atoms with E-state index in [1.807, 2.05) is 39.8 Å². The van der Waals surface area contributed by atoms with Crippen molar-refractivity contribution in [2.24, 2.45) is 23.7 Å². The van der Waals surface area contributed by atoms with E-state index in [1.54, 1.807) is 53.7 Å². The van der Waals surface area contributed by atoms with Crippen LogP contribution in [-0.4, -0.2) is 153 Å². The number of nitrogens with zero attached hydrogens (tertiary/aromatic N) is 1. The molecule has 4 rings (SSSR count). The number of methoxy groups -OCH3 is 3. The quantitative estimate of drug-likeness (QED) is 0.233. The summed E-state index contributed by atoms with van der Waals surface area (Å²) in [6.07, 6.45) is -9.30. The molecular formula is C47H77FN2O14. The normalized spacial score (nSPS) is 41.8. The second kappa shape index (κ2) is 22.3. The number of esters is 1. The van der Waals surface area contributed by atoms with Crippen LogP contribution in [-0.2, 0) is 58.8 Å². The number of amides is 1. The van der Waals surface area contributed by atoms with E-state index in [2.05, 4.69) is 5.32 Å². The first-order valence-corrected chi connectivity index (χ1v) is 22.6. The number of Topliss-reactive ketones (excluding diaryl/α,β-unsaturated/α-hetero) is 1. The van der Waals surface area contributed by atoms with E-state index in [9.17, 15) is 29.0 Å². The molecule has 17 heteroatoms. The number of carbonyl (C=O) groups excluding carboxylic acids is 3. The molecule has 16 nitrogen and oxygen atoms in total. The highest BCUT2D eigenvalue weighted by atomic mass is 19.1. The fourth-order valence-electron chi connectivity index (χ4n) is 10.2. The largest absolute Gasteiger partial charge is 0.459 e. The fraction of sp³-hybridized carbons (Fsp3) is 0.809. The number of rotatable bonds is 12. The summed E-state index contributed by atoms with van der Waals surface area (Å²) in [5.41, 5.74) is -3.55. The molecule has 366 valence electrons. The van der Waals surface area contributed by atoms with Crippen LogP contribution in [0.5, 0.6) is 0 Å². The molecule has 1 aromatic rings. The predicted octanol–water partition coefficient (Wildman–Crippen LogP) is 5.17. The molecular weight excluding hydrogens is 836 g/mol. The maximum atomic E-state index is 14.6. The van der Waals surface area contributed by atoms with Gasteiger partial charge in [-0.3, -0.25) is 9.59 Å². The minimum atomic E-state index is -1.79. The zero-order chi connectivity index (χ0) is 48.1. The number of carbonyl (C=O) groups is 3. The lowest BCUT2D eigenvalue weighted by Gasteiger charge is -2.50. The van der Waals surface area contributed by atoms with Crippen molar-refractivity contribution < 1.29 is 71.6 Å². The molecule has 3 N–H and O–H groups in total. The van der Waals surface area contributed by atoms with Crippen LogP contribution in [0.1, 0.15) is 100 Å². The molecule has 3 aliphatic rings. The molecule has 1 amide bonds.